The van der Waals surface area contributed by atoms with Crippen molar-refractivity contribution in [2.75, 3.05) is 7.11 Å². The smallest absolute Gasteiger partial charge is 0.273 e. The topological polar surface area (TPSA) is 52.4 Å². The number of ether oxygens (including phenoxy) is 1. The van der Waals surface area contributed by atoms with E-state index in [0.717, 1.165) is 11.1 Å². The third-order valence-corrected chi connectivity index (χ3v) is 2.42. The molecule has 1 rings (SSSR count). The molecule has 0 bridgehead atoms. The summed E-state index contributed by atoms with van der Waals surface area (Å²) in [5.41, 5.74) is 1.72. The molecule has 0 atom stereocenters. The van der Waals surface area contributed by atoms with Crippen molar-refractivity contribution in [2.45, 2.75) is 27.2 Å². The van der Waals surface area contributed by atoms with Gasteiger partial charge in [0.2, 0.25) is 0 Å². The van der Waals surface area contributed by atoms with Crippen molar-refractivity contribution in [1.82, 2.24) is 0 Å². The van der Waals surface area contributed by atoms with E-state index in [0.29, 0.717) is 18.1 Å². The summed E-state index contributed by atoms with van der Waals surface area (Å²) in [6.07, 6.45) is 0.687. The number of nitrogens with zero attached hydrogens (tertiary/aromatic N) is 1. The number of nitro groups is 1. The van der Waals surface area contributed by atoms with Gasteiger partial charge in [0.25, 0.3) is 5.69 Å². The number of aryl methyl sites for hydroxylation is 1. The molecule has 0 spiro atoms. The lowest BCUT2D eigenvalue weighted by molar-refractivity contribution is -0.385. The number of benzene rings is 1. The molecule has 4 nitrogen and oxygen atoms in total. The molecule has 4 heteroatoms. The Morgan fingerprint density at radius 3 is 2.50 bits per heavy atom. The SMILES string of the molecule is COc1cc(CC(C)C)c([N+](=O)[O-])cc1C. The molecule has 0 saturated heterocycles. The monoisotopic (exact) mass is 223 g/mol. The van der Waals surface area contributed by atoms with Crippen LogP contribution in [-0.2, 0) is 6.42 Å². The summed E-state index contributed by atoms with van der Waals surface area (Å²) >= 11 is 0. The first-order valence-electron chi connectivity index (χ1n) is 5.27. The highest BCUT2D eigenvalue weighted by Gasteiger charge is 2.17. The molecule has 88 valence electrons. The van der Waals surface area contributed by atoms with Crippen LogP contribution in [0, 0.1) is 23.0 Å². The fourth-order valence-electron chi connectivity index (χ4n) is 1.71. The van der Waals surface area contributed by atoms with Gasteiger partial charge < -0.3 is 4.74 Å². The Labute approximate surface area is 95.4 Å². The second-order valence-electron chi connectivity index (χ2n) is 4.31. The van der Waals surface area contributed by atoms with E-state index in [4.69, 9.17) is 4.74 Å². The van der Waals surface area contributed by atoms with Crippen molar-refractivity contribution in [3.05, 3.63) is 33.4 Å². The first kappa shape index (κ1) is 12.5. The van der Waals surface area contributed by atoms with E-state index in [-0.39, 0.29) is 10.6 Å². The molecule has 0 heterocycles. The number of nitro benzene ring substituents is 1. The van der Waals surface area contributed by atoms with Crippen molar-refractivity contribution >= 4 is 5.69 Å². The lowest BCUT2D eigenvalue weighted by Crippen LogP contribution is -2.02. The van der Waals surface area contributed by atoms with Gasteiger partial charge in [-0.1, -0.05) is 13.8 Å². The lowest BCUT2D eigenvalue weighted by Gasteiger charge is -2.10. The minimum absolute atomic E-state index is 0.187. The second kappa shape index (κ2) is 4.96. The van der Waals surface area contributed by atoms with Crippen molar-refractivity contribution < 1.29 is 9.66 Å². The van der Waals surface area contributed by atoms with Gasteiger partial charge in [0.05, 0.1) is 12.0 Å². The summed E-state index contributed by atoms with van der Waals surface area (Å²) in [6.45, 7) is 5.89. The molecule has 0 aliphatic rings. The standard InChI is InChI=1S/C12H17NO3/c1-8(2)5-10-7-12(16-4)9(3)6-11(10)13(14)15/h6-8H,5H2,1-4H3. The fraction of sp³-hybridized carbons (Fsp3) is 0.500. The van der Waals surface area contributed by atoms with E-state index in [1.165, 1.54) is 0 Å². The van der Waals surface area contributed by atoms with Crippen LogP contribution in [0.1, 0.15) is 25.0 Å². The van der Waals surface area contributed by atoms with Crippen LogP contribution < -0.4 is 4.74 Å². The zero-order valence-corrected chi connectivity index (χ0v) is 10.1. The summed E-state index contributed by atoms with van der Waals surface area (Å²) in [5, 5.41) is 10.9. The van der Waals surface area contributed by atoms with Gasteiger partial charge in [-0.05, 0) is 30.9 Å². The molecular formula is C12H17NO3. The predicted octanol–water partition coefficient (Wildman–Crippen LogP) is 3.11. The highest BCUT2D eigenvalue weighted by Crippen LogP contribution is 2.29. The zero-order valence-electron chi connectivity index (χ0n) is 10.1. The first-order chi connectivity index (χ1) is 7.45. The van der Waals surface area contributed by atoms with Crippen LogP contribution >= 0.6 is 0 Å². The maximum atomic E-state index is 10.9. The average Bonchev–Trinajstić information content (AvgIpc) is 2.19. The Balaban J connectivity index is 3.25. The van der Waals surface area contributed by atoms with E-state index in [1.807, 2.05) is 20.8 Å². The molecule has 1 aromatic rings. The minimum atomic E-state index is -0.329. The van der Waals surface area contributed by atoms with E-state index >= 15 is 0 Å². The van der Waals surface area contributed by atoms with Gasteiger partial charge >= 0.3 is 0 Å². The van der Waals surface area contributed by atoms with Crippen LogP contribution in [-0.4, -0.2) is 12.0 Å². The van der Waals surface area contributed by atoms with E-state index in [9.17, 15) is 10.1 Å². The molecule has 1 aromatic carbocycles. The third kappa shape index (κ3) is 2.72. The summed E-state index contributed by atoms with van der Waals surface area (Å²) in [4.78, 5) is 10.6. The van der Waals surface area contributed by atoms with Crippen molar-refractivity contribution in [1.29, 1.82) is 0 Å². The maximum Gasteiger partial charge on any atom is 0.273 e. The van der Waals surface area contributed by atoms with Crippen molar-refractivity contribution in [2.24, 2.45) is 5.92 Å². The van der Waals surface area contributed by atoms with Crippen LogP contribution in [0.5, 0.6) is 5.75 Å². The zero-order chi connectivity index (χ0) is 12.3. The van der Waals surface area contributed by atoms with Gasteiger partial charge in [-0.25, -0.2) is 0 Å². The highest BCUT2D eigenvalue weighted by atomic mass is 16.6. The molecule has 0 aliphatic carbocycles. The van der Waals surface area contributed by atoms with Gasteiger partial charge in [-0.3, -0.25) is 10.1 Å². The first-order valence-corrected chi connectivity index (χ1v) is 5.27. The Bertz CT molecular complexity index is 399. The lowest BCUT2D eigenvalue weighted by atomic mass is 9.99. The van der Waals surface area contributed by atoms with Crippen LogP contribution in [0.2, 0.25) is 0 Å². The molecule has 0 unspecified atom stereocenters. The quantitative estimate of drug-likeness (QED) is 0.582. The van der Waals surface area contributed by atoms with E-state index in [1.54, 1.807) is 19.2 Å². The molecule has 0 radical (unpaired) electrons. The van der Waals surface area contributed by atoms with Gasteiger partial charge in [0.1, 0.15) is 5.75 Å². The number of methoxy groups -OCH3 is 1. The summed E-state index contributed by atoms with van der Waals surface area (Å²) in [7, 11) is 1.58. The Morgan fingerprint density at radius 1 is 1.44 bits per heavy atom. The number of rotatable bonds is 4. The number of hydrogen-bond donors (Lipinski definition) is 0. The van der Waals surface area contributed by atoms with Gasteiger partial charge in [-0.2, -0.15) is 0 Å². The molecule has 0 fully saturated rings. The van der Waals surface area contributed by atoms with E-state index < -0.39 is 0 Å². The second-order valence-corrected chi connectivity index (χ2v) is 4.31. The van der Waals surface area contributed by atoms with Crippen molar-refractivity contribution in [3.63, 3.8) is 0 Å². The Kier molecular flexibility index (Phi) is 3.88. The minimum Gasteiger partial charge on any atom is -0.496 e. The Morgan fingerprint density at radius 2 is 2.06 bits per heavy atom. The highest BCUT2D eigenvalue weighted by molar-refractivity contribution is 5.50. The number of hydrogen-bond acceptors (Lipinski definition) is 3. The van der Waals surface area contributed by atoms with Gasteiger partial charge in [0.15, 0.2) is 0 Å². The summed E-state index contributed by atoms with van der Waals surface area (Å²) in [5.74, 6) is 1.09. The third-order valence-electron chi connectivity index (χ3n) is 2.42. The van der Waals surface area contributed by atoms with Crippen molar-refractivity contribution in [3.8, 4) is 5.75 Å². The van der Waals surface area contributed by atoms with Crippen LogP contribution in [0.25, 0.3) is 0 Å². The molecular weight excluding hydrogens is 206 g/mol. The summed E-state index contributed by atoms with van der Waals surface area (Å²) in [6, 6.07) is 3.35. The average molecular weight is 223 g/mol. The molecule has 0 aromatic heterocycles. The predicted molar refractivity (Wildman–Crippen MR) is 62.9 cm³/mol. The van der Waals surface area contributed by atoms with Gasteiger partial charge in [-0.15, -0.1) is 0 Å². The molecule has 0 N–H and O–H groups in total. The molecule has 0 saturated carbocycles. The van der Waals surface area contributed by atoms with Crippen LogP contribution in [0.4, 0.5) is 5.69 Å². The largest absolute Gasteiger partial charge is 0.496 e. The summed E-state index contributed by atoms with van der Waals surface area (Å²) < 4.78 is 5.18. The maximum absolute atomic E-state index is 10.9. The molecule has 0 amide bonds. The van der Waals surface area contributed by atoms with Crippen LogP contribution in [0.15, 0.2) is 12.1 Å². The normalized spacial score (nSPS) is 10.6. The Hall–Kier alpha value is -1.58. The molecule has 16 heavy (non-hydrogen) atoms. The van der Waals surface area contributed by atoms with Crippen LogP contribution in [0.3, 0.4) is 0 Å². The fourth-order valence-corrected chi connectivity index (χ4v) is 1.71. The van der Waals surface area contributed by atoms with E-state index in [2.05, 4.69) is 0 Å². The van der Waals surface area contributed by atoms with Gasteiger partial charge in [0, 0.05) is 11.6 Å². The molecule has 0 aliphatic heterocycles.